The second kappa shape index (κ2) is 4.89. The normalized spacial score (nSPS) is 9.93. The zero-order valence-electron chi connectivity index (χ0n) is 9.16. The summed E-state index contributed by atoms with van der Waals surface area (Å²) in [6.07, 6.45) is 1.32. The van der Waals surface area contributed by atoms with Crippen molar-refractivity contribution in [3.8, 4) is 0 Å². The van der Waals surface area contributed by atoms with Crippen LogP contribution >= 0.6 is 0 Å². The summed E-state index contributed by atoms with van der Waals surface area (Å²) in [6, 6.07) is 3.03. The molecule has 3 nitrogen and oxygen atoms in total. The van der Waals surface area contributed by atoms with E-state index in [-0.39, 0.29) is 12.4 Å². The number of hydrogen-bond acceptors (Lipinski definition) is 2. The van der Waals surface area contributed by atoms with Gasteiger partial charge >= 0.3 is 0 Å². The lowest BCUT2D eigenvalue weighted by Crippen LogP contribution is -1.94. The Balaban J connectivity index is 0.000000531. The van der Waals surface area contributed by atoms with Crippen LogP contribution in [0.4, 0.5) is 4.39 Å². The Kier molecular flexibility index (Phi) is 3.80. The van der Waals surface area contributed by atoms with Crippen LogP contribution in [0.15, 0.2) is 18.3 Å². The number of hydrogen-bond donors (Lipinski definition) is 1. The van der Waals surface area contributed by atoms with Gasteiger partial charge in [0.15, 0.2) is 0 Å². The van der Waals surface area contributed by atoms with Gasteiger partial charge in [0.25, 0.3) is 0 Å². The second-order valence-electron chi connectivity index (χ2n) is 2.87. The topological polar surface area (TPSA) is 37.5 Å². The number of fused-ring (bicyclic) bond motifs is 1. The van der Waals surface area contributed by atoms with Crippen molar-refractivity contribution in [2.45, 2.75) is 27.4 Å². The molecule has 0 atom stereocenters. The Morgan fingerprint density at radius 2 is 2.07 bits per heavy atom. The molecule has 0 unspecified atom stereocenters. The highest BCUT2D eigenvalue weighted by Crippen LogP contribution is 2.13. The monoisotopic (exact) mass is 210 g/mol. The number of imidazole rings is 1. The van der Waals surface area contributed by atoms with Crippen molar-refractivity contribution in [1.82, 2.24) is 9.38 Å². The molecule has 0 saturated carbocycles. The minimum atomic E-state index is -0.334. The van der Waals surface area contributed by atoms with Crippen LogP contribution in [0.5, 0.6) is 0 Å². The van der Waals surface area contributed by atoms with Crippen molar-refractivity contribution in [2.24, 2.45) is 0 Å². The van der Waals surface area contributed by atoms with E-state index in [1.54, 1.807) is 10.5 Å². The fourth-order valence-corrected chi connectivity index (χ4v) is 1.40. The summed E-state index contributed by atoms with van der Waals surface area (Å²) in [4.78, 5) is 4.10. The van der Waals surface area contributed by atoms with Gasteiger partial charge in [-0.2, -0.15) is 0 Å². The van der Waals surface area contributed by atoms with E-state index in [9.17, 15) is 4.39 Å². The Bertz CT molecular complexity index is 451. The van der Waals surface area contributed by atoms with E-state index < -0.39 is 0 Å². The predicted octanol–water partition coefficient (Wildman–Crippen LogP) is 2.30. The fourth-order valence-electron chi connectivity index (χ4n) is 1.40. The molecule has 2 aromatic rings. The van der Waals surface area contributed by atoms with E-state index in [2.05, 4.69) is 4.98 Å². The molecule has 0 aliphatic carbocycles. The van der Waals surface area contributed by atoms with E-state index in [0.29, 0.717) is 5.82 Å². The summed E-state index contributed by atoms with van der Waals surface area (Å²) in [5.74, 6) is 0.131. The number of aryl methyl sites for hydroxylation is 1. The highest BCUT2D eigenvalue weighted by molar-refractivity contribution is 5.52. The Hall–Kier alpha value is -1.42. The average molecular weight is 210 g/mol. The highest BCUT2D eigenvalue weighted by Gasteiger charge is 2.06. The third-order valence-electron chi connectivity index (χ3n) is 2.00. The molecule has 0 amide bonds. The summed E-state index contributed by atoms with van der Waals surface area (Å²) in [5, 5.41) is 8.93. The van der Waals surface area contributed by atoms with Gasteiger partial charge in [-0.1, -0.05) is 13.8 Å². The molecule has 0 spiro atoms. The molecule has 2 aromatic heterocycles. The molecule has 0 fully saturated rings. The molecule has 82 valence electrons. The largest absolute Gasteiger partial charge is 0.388 e. The van der Waals surface area contributed by atoms with Gasteiger partial charge in [0.2, 0.25) is 0 Å². The second-order valence-corrected chi connectivity index (χ2v) is 2.87. The van der Waals surface area contributed by atoms with Crippen molar-refractivity contribution in [1.29, 1.82) is 0 Å². The molecular weight excluding hydrogens is 195 g/mol. The van der Waals surface area contributed by atoms with Crippen molar-refractivity contribution in [3.63, 3.8) is 0 Å². The smallest absolute Gasteiger partial charge is 0.139 e. The van der Waals surface area contributed by atoms with Crippen LogP contribution in [-0.4, -0.2) is 14.5 Å². The minimum absolute atomic E-state index is 0.182. The molecule has 2 heterocycles. The first-order chi connectivity index (χ1) is 7.22. The van der Waals surface area contributed by atoms with Crippen LogP contribution in [0.3, 0.4) is 0 Å². The van der Waals surface area contributed by atoms with E-state index >= 15 is 0 Å². The number of pyridine rings is 1. The predicted molar refractivity (Wildman–Crippen MR) is 57.2 cm³/mol. The number of halogens is 1. The molecule has 2 rings (SSSR count). The molecular formula is C11H15FN2O. The third-order valence-corrected chi connectivity index (χ3v) is 2.00. The van der Waals surface area contributed by atoms with Gasteiger partial charge in [0, 0.05) is 6.20 Å². The number of aliphatic hydroxyl groups excluding tert-OH is 1. The van der Waals surface area contributed by atoms with Crippen LogP contribution in [0.1, 0.15) is 25.4 Å². The van der Waals surface area contributed by atoms with Crippen LogP contribution in [0, 0.1) is 12.7 Å². The van der Waals surface area contributed by atoms with Gasteiger partial charge in [-0.05, 0) is 19.1 Å². The summed E-state index contributed by atoms with van der Waals surface area (Å²) < 4.78 is 14.4. The summed E-state index contributed by atoms with van der Waals surface area (Å²) in [7, 11) is 0. The van der Waals surface area contributed by atoms with Crippen LogP contribution in [0.2, 0.25) is 0 Å². The van der Waals surface area contributed by atoms with Crippen molar-refractivity contribution >= 4 is 5.52 Å². The maximum absolute atomic E-state index is 12.8. The molecule has 0 aliphatic rings. The van der Waals surface area contributed by atoms with Gasteiger partial charge in [-0.15, -0.1) is 0 Å². The van der Waals surface area contributed by atoms with Crippen LogP contribution in [-0.2, 0) is 6.61 Å². The molecule has 0 aromatic carbocycles. The minimum Gasteiger partial charge on any atom is -0.388 e. The molecule has 4 heteroatoms. The van der Waals surface area contributed by atoms with E-state index in [1.165, 1.54) is 12.3 Å². The van der Waals surface area contributed by atoms with Crippen LogP contribution in [0.25, 0.3) is 5.52 Å². The number of aromatic nitrogens is 2. The number of rotatable bonds is 1. The summed E-state index contributed by atoms with van der Waals surface area (Å²) in [5.41, 5.74) is 1.62. The highest BCUT2D eigenvalue weighted by atomic mass is 19.1. The van der Waals surface area contributed by atoms with E-state index in [0.717, 1.165) is 11.2 Å². The van der Waals surface area contributed by atoms with Crippen molar-refractivity contribution in [2.75, 3.05) is 0 Å². The number of nitrogens with zero attached hydrogens (tertiary/aromatic N) is 2. The van der Waals surface area contributed by atoms with E-state index in [1.807, 2.05) is 20.8 Å². The zero-order chi connectivity index (χ0) is 11.4. The lowest BCUT2D eigenvalue weighted by atomic mass is 10.3. The summed E-state index contributed by atoms with van der Waals surface area (Å²) >= 11 is 0. The Morgan fingerprint density at radius 3 is 2.67 bits per heavy atom. The molecule has 15 heavy (non-hydrogen) atoms. The van der Waals surface area contributed by atoms with Crippen molar-refractivity contribution in [3.05, 3.63) is 35.7 Å². The van der Waals surface area contributed by atoms with E-state index in [4.69, 9.17) is 5.11 Å². The SMILES string of the molecule is CC.Cc1nc(CO)n2cc(F)ccc12. The molecule has 0 bridgehead atoms. The lowest BCUT2D eigenvalue weighted by Gasteiger charge is -1.96. The standard InChI is InChI=1S/C9H9FN2O.C2H6/c1-6-8-3-2-7(10)4-12(8)9(5-13)11-6;1-2/h2-4,13H,5H2,1H3;1-2H3. The zero-order valence-corrected chi connectivity index (χ0v) is 9.16. The molecule has 0 radical (unpaired) electrons. The van der Waals surface area contributed by atoms with Gasteiger partial charge in [0.1, 0.15) is 18.2 Å². The van der Waals surface area contributed by atoms with Gasteiger partial charge in [-0.3, -0.25) is 4.40 Å². The van der Waals surface area contributed by atoms with Gasteiger partial charge in [-0.25, -0.2) is 9.37 Å². The maximum Gasteiger partial charge on any atom is 0.139 e. The average Bonchev–Trinajstić information content (AvgIpc) is 2.58. The van der Waals surface area contributed by atoms with Gasteiger partial charge in [0.05, 0.1) is 11.2 Å². The Morgan fingerprint density at radius 1 is 1.40 bits per heavy atom. The third kappa shape index (κ3) is 2.15. The quantitative estimate of drug-likeness (QED) is 0.784. The van der Waals surface area contributed by atoms with Crippen molar-refractivity contribution < 1.29 is 9.50 Å². The Labute approximate surface area is 88.2 Å². The molecule has 0 saturated heterocycles. The molecule has 1 N–H and O–H groups in total. The lowest BCUT2D eigenvalue weighted by molar-refractivity contribution is 0.270. The molecule has 0 aliphatic heterocycles. The first-order valence-electron chi connectivity index (χ1n) is 4.96. The summed E-state index contributed by atoms with van der Waals surface area (Å²) in [6.45, 7) is 5.64. The number of aliphatic hydroxyl groups is 1. The maximum atomic E-state index is 12.8. The first kappa shape index (κ1) is 11.7. The van der Waals surface area contributed by atoms with Crippen LogP contribution < -0.4 is 0 Å². The first-order valence-corrected chi connectivity index (χ1v) is 4.96. The van der Waals surface area contributed by atoms with Gasteiger partial charge < -0.3 is 5.11 Å². The fraction of sp³-hybridized carbons (Fsp3) is 0.364.